The fourth-order valence-corrected chi connectivity index (χ4v) is 3.25. The summed E-state index contributed by atoms with van der Waals surface area (Å²) in [5.41, 5.74) is 7.86. The van der Waals surface area contributed by atoms with Crippen LogP contribution in [0.3, 0.4) is 0 Å². The number of carbonyl (C=O) groups is 2. The molecule has 0 amide bonds. The van der Waals surface area contributed by atoms with Gasteiger partial charge in [-0.3, -0.25) is 4.79 Å². The number of ether oxygens (including phenoxy) is 3. The Hall–Kier alpha value is -2.54. The van der Waals surface area contributed by atoms with Gasteiger partial charge in [-0.25, -0.2) is 4.79 Å². The van der Waals surface area contributed by atoms with Gasteiger partial charge in [0.05, 0.1) is 27.8 Å². The Balaban J connectivity index is 2.62. The van der Waals surface area contributed by atoms with Crippen molar-refractivity contribution in [3.63, 3.8) is 0 Å². The molecule has 0 saturated carbocycles. The summed E-state index contributed by atoms with van der Waals surface area (Å²) in [5.74, 6) is -0.316. The minimum atomic E-state index is -0.471. The summed E-state index contributed by atoms with van der Waals surface area (Å²) in [6.45, 7) is 0. The average molecular weight is 335 g/mol. The topological polar surface area (TPSA) is 87.9 Å². The van der Waals surface area contributed by atoms with E-state index in [4.69, 9.17) is 19.9 Å². The zero-order valence-electron chi connectivity index (χ0n) is 13.0. The van der Waals surface area contributed by atoms with Crippen LogP contribution in [0.1, 0.15) is 14.5 Å². The van der Waals surface area contributed by atoms with Crippen molar-refractivity contribution in [2.24, 2.45) is 0 Å². The molecule has 122 valence electrons. The van der Waals surface area contributed by atoms with Gasteiger partial charge in [0.1, 0.15) is 10.6 Å². The highest BCUT2D eigenvalue weighted by Crippen LogP contribution is 2.41. The van der Waals surface area contributed by atoms with E-state index in [0.717, 1.165) is 0 Å². The first-order chi connectivity index (χ1) is 11.0. The van der Waals surface area contributed by atoms with Gasteiger partial charge < -0.3 is 19.9 Å². The Morgan fingerprint density at radius 1 is 1.17 bits per heavy atom. The Kier molecular flexibility index (Phi) is 5.23. The highest BCUT2D eigenvalue weighted by Gasteiger charge is 2.22. The molecule has 2 N–H and O–H groups in total. The van der Waals surface area contributed by atoms with E-state index in [1.54, 1.807) is 24.3 Å². The third kappa shape index (κ3) is 3.45. The SMILES string of the molecule is COC(=O)Cc1sc(C(=O)OC)cc1-c1c(N)cccc1OC. The fourth-order valence-electron chi connectivity index (χ4n) is 2.18. The second kappa shape index (κ2) is 7.15. The molecule has 23 heavy (non-hydrogen) atoms. The van der Waals surface area contributed by atoms with Gasteiger partial charge in [-0.1, -0.05) is 6.07 Å². The highest BCUT2D eigenvalue weighted by molar-refractivity contribution is 7.14. The van der Waals surface area contributed by atoms with Gasteiger partial charge >= 0.3 is 11.9 Å². The van der Waals surface area contributed by atoms with Crippen molar-refractivity contribution in [3.8, 4) is 16.9 Å². The number of thiophene rings is 1. The molecule has 0 radical (unpaired) electrons. The van der Waals surface area contributed by atoms with Gasteiger partial charge in [-0.05, 0) is 18.2 Å². The molecule has 0 aliphatic heterocycles. The molecular weight excluding hydrogens is 318 g/mol. The summed E-state index contributed by atoms with van der Waals surface area (Å²) in [4.78, 5) is 24.5. The second-order valence-electron chi connectivity index (χ2n) is 4.62. The molecule has 0 atom stereocenters. The van der Waals surface area contributed by atoms with E-state index < -0.39 is 11.9 Å². The standard InChI is InChI=1S/C16H17NO5S/c1-20-11-6-4-5-10(17)15(11)9-7-13(16(19)22-3)23-12(9)8-14(18)21-2/h4-7H,8,17H2,1-3H3. The number of esters is 2. The Morgan fingerprint density at radius 2 is 1.91 bits per heavy atom. The molecule has 0 bridgehead atoms. The molecular formula is C16H17NO5S. The highest BCUT2D eigenvalue weighted by atomic mass is 32.1. The van der Waals surface area contributed by atoms with E-state index in [1.165, 1.54) is 32.7 Å². The first-order valence-corrected chi connectivity index (χ1v) is 7.54. The number of methoxy groups -OCH3 is 3. The lowest BCUT2D eigenvalue weighted by molar-refractivity contribution is -0.139. The molecule has 1 aromatic heterocycles. The number of anilines is 1. The van der Waals surface area contributed by atoms with Gasteiger partial charge in [0.2, 0.25) is 0 Å². The number of nitrogens with two attached hydrogens (primary N) is 1. The number of benzene rings is 1. The number of hydrogen-bond donors (Lipinski definition) is 1. The van der Waals surface area contributed by atoms with Crippen LogP contribution in [0.5, 0.6) is 5.75 Å². The first kappa shape index (κ1) is 16.8. The summed E-state index contributed by atoms with van der Waals surface area (Å²) in [6.07, 6.45) is 0.0327. The molecule has 1 heterocycles. The van der Waals surface area contributed by atoms with Gasteiger partial charge in [-0.15, -0.1) is 11.3 Å². The Labute approximate surface area is 137 Å². The molecule has 0 spiro atoms. The molecule has 2 aromatic rings. The van der Waals surface area contributed by atoms with Crippen LogP contribution in [0.4, 0.5) is 5.69 Å². The van der Waals surface area contributed by atoms with E-state index >= 15 is 0 Å². The predicted octanol–water partition coefficient (Wildman–Crippen LogP) is 2.51. The van der Waals surface area contributed by atoms with E-state index in [9.17, 15) is 9.59 Å². The maximum Gasteiger partial charge on any atom is 0.348 e. The summed E-state index contributed by atoms with van der Waals surface area (Å²) >= 11 is 1.17. The molecule has 2 rings (SSSR count). The van der Waals surface area contributed by atoms with Gasteiger partial charge in [0.25, 0.3) is 0 Å². The van der Waals surface area contributed by atoms with Crippen molar-refractivity contribution in [2.75, 3.05) is 27.1 Å². The van der Waals surface area contributed by atoms with Crippen molar-refractivity contribution < 1.29 is 23.8 Å². The van der Waals surface area contributed by atoms with E-state index in [2.05, 4.69) is 0 Å². The van der Waals surface area contributed by atoms with Crippen molar-refractivity contribution in [1.29, 1.82) is 0 Å². The van der Waals surface area contributed by atoms with Crippen LogP contribution >= 0.6 is 11.3 Å². The monoisotopic (exact) mass is 335 g/mol. The predicted molar refractivity (Wildman–Crippen MR) is 87.8 cm³/mol. The number of hydrogen-bond acceptors (Lipinski definition) is 7. The first-order valence-electron chi connectivity index (χ1n) is 6.72. The zero-order valence-corrected chi connectivity index (χ0v) is 13.9. The molecule has 1 aromatic carbocycles. The largest absolute Gasteiger partial charge is 0.496 e. The summed E-state index contributed by atoms with van der Waals surface area (Å²) in [5, 5.41) is 0. The van der Waals surface area contributed by atoms with Crippen molar-refractivity contribution >= 4 is 29.0 Å². The third-order valence-electron chi connectivity index (χ3n) is 3.28. The molecule has 0 saturated heterocycles. The smallest absolute Gasteiger partial charge is 0.348 e. The van der Waals surface area contributed by atoms with Crippen molar-refractivity contribution in [1.82, 2.24) is 0 Å². The molecule has 0 aliphatic carbocycles. The van der Waals surface area contributed by atoms with E-state index in [1.807, 2.05) is 0 Å². The molecule has 6 nitrogen and oxygen atoms in total. The van der Waals surface area contributed by atoms with Gasteiger partial charge in [-0.2, -0.15) is 0 Å². The van der Waals surface area contributed by atoms with Crippen LogP contribution in [0.25, 0.3) is 11.1 Å². The molecule has 0 aliphatic rings. The Morgan fingerprint density at radius 3 is 2.52 bits per heavy atom. The zero-order chi connectivity index (χ0) is 17.0. The van der Waals surface area contributed by atoms with Crippen molar-refractivity contribution in [3.05, 3.63) is 34.0 Å². The summed E-state index contributed by atoms with van der Waals surface area (Å²) < 4.78 is 14.8. The average Bonchev–Trinajstić information content (AvgIpc) is 2.96. The Bertz CT molecular complexity index is 738. The summed E-state index contributed by atoms with van der Waals surface area (Å²) in [6, 6.07) is 6.92. The molecule has 0 fully saturated rings. The van der Waals surface area contributed by atoms with E-state index in [0.29, 0.717) is 32.3 Å². The van der Waals surface area contributed by atoms with Crippen LogP contribution in [0.15, 0.2) is 24.3 Å². The van der Waals surface area contributed by atoms with Crippen LogP contribution < -0.4 is 10.5 Å². The minimum Gasteiger partial charge on any atom is -0.496 e. The van der Waals surface area contributed by atoms with Gasteiger partial charge in [0, 0.05) is 21.7 Å². The van der Waals surface area contributed by atoms with E-state index in [-0.39, 0.29) is 6.42 Å². The van der Waals surface area contributed by atoms with Gasteiger partial charge in [0.15, 0.2) is 0 Å². The fraction of sp³-hybridized carbons (Fsp3) is 0.250. The van der Waals surface area contributed by atoms with Crippen LogP contribution in [-0.2, 0) is 20.7 Å². The van der Waals surface area contributed by atoms with Crippen LogP contribution in [0.2, 0.25) is 0 Å². The van der Waals surface area contributed by atoms with Crippen LogP contribution in [0, 0.1) is 0 Å². The third-order valence-corrected chi connectivity index (χ3v) is 4.39. The number of carbonyl (C=O) groups excluding carboxylic acids is 2. The normalized spacial score (nSPS) is 10.2. The maximum absolute atomic E-state index is 11.8. The molecule has 7 heteroatoms. The number of rotatable bonds is 5. The van der Waals surface area contributed by atoms with Crippen molar-refractivity contribution in [2.45, 2.75) is 6.42 Å². The maximum atomic E-state index is 11.8. The minimum absolute atomic E-state index is 0.0327. The lowest BCUT2D eigenvalue weighted by Crippen LogP contribution is -2.04. The quantitative estimate of drug-likeness (QED) is 0.667. The summed E-state index contributed by atoms with van der Waals surface area (Å²) in [7, 11) is 4.15. The number of nitrogen functional groups attached to an aromatic ring is 1. The lowest BCUT2D eigenvalue weighted by atomic mass is 10.0. The lowest BCUT2D eigenvalue weighted by Gasteiger charge is -2.11. The molecule has 0 unspecified atom stereocenters. The second-order valence-corrected chi connectivity index (χ2v) is 5.75. The van der Waals surface area contributed by atoms with Crippen LogP contribution in [-0.4, -0.2) is 33.3 Å².